The second kappa shape index (κ2) is 6.94. The summed E-state index contributed by atoms with van der Waals surface area (Å²) in [6.07, 6.45) is 4.34. The zero-order chi connectivity index (χ0) is 15.3. The van der Waals surface area contributed by atoms with Crippen LogP contribution in [0.3, 0.4) is 0 Å². The van der Waals surface area contributed by atoms with E-state index in [4.69, 9.17) is 4.74 Å². The molecule has 4 nitrogen and oxygen atoms in total. The highest BCUT2D eigenvalue weighted by Crippen LogP contribution is 2.41. The van der Waals surface area contributed by atoms with Crippen LogP contribution in [0.5, 0.6) is 5.75 Å². The first-order valence-corrected chi connectivity index (χ1v) is 7.71. The summed E-state index contributed by atoms with van der Waals surface area (Å²) in [4.78, 5) is 12.4. The van der Waals surface area contributed by atoms with Gasteiger partial charge in [-0.15, -0.1) is 0 Å². The van der Waals surface area contributed by atoms with Crippen LogP contribution in [-0.2, 0) is 4.79 Å². The van der Waals surface area contributed by atoms with E-state index < -0.39 is 6.10 Å². The third-order valence-corrected chi connectivity index (χ3v) is 4.65. The Morgan fingerprint density at radius 1 is 1.43 bits per heavy atom. The number of carbonyl (C=O) groups is 1. The Kier molecular flexibility index (Phi) is 5.23. The van der Waals surface area contributed by atoms with Crippen molar-refractivity contribution >= 4 is 5.91 Å². The Bertz CT molecular complexity index is 481. The van der Waals surface area contributed by atoms with Gasteiger partial charge < -0.3 is 15.2 Å². The molecular formula is C17H25NO3. The fourth-order valence-electron chi connectivity index (χ4n) is 3.14. The van der Waals surface area contributed by atoms with Crippen molar-refractivity contribution in [2.45, 2.75) is 45.1 Å². The molecule has 1 fully saturated rings. The van der Waals surface area contributed by atoms with Crippen LogP contribution in [0, 0.1) is 5.41 Å². The van der Waals surface area contributed by atoms with Crippen LogP contribution in [0.25, 0.3) is 0 Å². The van der Waals surface area contributed by atoms with Crippen molar-refractivity contribution in [3.8, 4) is 5.75 Å². The van der Waals surface area contributed by atoms with Gasteiger partial charge in [0.05, 0.1) is 13.2 Å². The van der Waals surface area contributed by atoms with E-state index in [1.54, 1.807) is 13.2 Å². The molecule has 1 aromatic rings. The summed E-state index contributed by atoms with van der Waals surface area (Å²) in [5, 5.41) is 13.1. The molecule has 0 heterocycles. The van der Waals surface area contributed by atoms with E-state index in [-0.39, 0.29) is 17.9 Å². The average Bonchev–Trinajstić information content (AvgIpc) is 3.02. The molecule has 0 aromatic heterocycles. The first kappa shape index (κ1) is 15.8. The molecule has 1 aliphatic rings. The number of hydrogen-bond acceptors (Lipinski definition) is 3. The lowest BCUT2D eigenvalue weighted by Gasteiger charge is -2.26. The number of rotatable bonds is 6. The number of nitrogens with one attached hydrogen (secondary N) is 1. The molecule has 116 valence electrons. The molecule has 1 atom stereocenters. The molecule has 1 aromatic carbocycles. The number of aliphatic hydroxyl groups excluding tert-OH is 1. The largest absolute Gasteiger partial charge is 0.497 e. The summed E-state index contributed by atoms with van der Waals surface area (Å²) in [7, 11) is 1.60. The lowest BCUT2D eigenvalue weighted by molar-refractivity contribution is -0.131. The number of carbonyl (C=O) groups excluding carboxylic acids is 1. The second-order valence-corrected chi connectivity index (χ2v) is 5.84. The van der Waals surface area contributed by atoms with Gasteiger partial charge in [0, 0.05) is 12.0 Å². The number of benzene rings is 1. The van der Waals surface area contributed by atoms with Gasteiger partial charge in [-0.2, -0.15) is 0 Å². The third-order valence-electron chi connectivity index (χ3n) is 4.65. The van der Waals surface area contributed by atoms with Crippen molar-refractivity contribution in [3.05, 3.63) is 29.8 Å². The highest BCUT2D eigenvalue weighted by Gasteiger charge is 2.39. The van der Waals surface area contributed by atoms with Gasteiger partial charge in [0.2, 0.25) is 5.91 Å². The quantitative estimate of drug-likeness (QED) is 0.847. The third kappa shape index (κ3) is 3.56. The lowest BCUT2D eigenvalue weighted by Crippen LogP contribution is -2.40. The van der Waals surface area contributed by atoms with Crippen LogP contribution < -0.4 is 10.1 Å². The van der Waals surface area contributed by atoms with Crippen LogP contribution in [0.2, 0.25) is 0 Å². The first-order chi connectivity index (χ1) is 10.1. The highest BCUT2D eigenvalue weighted by molar-refractivity contribution is 5.82. The van der Waals surface area contributed by atoms with E-state index in [9.17, 15) is 9.90 Å². The molecule has 2 N–H and O–H groups in total. The Morgan fingerprint density at radius 2 is 2.14 bits per heavy atom. The molecular weight excluding hydrogens is 266 g/mol. The van der Waals surface area contributed by atoms with Crippen molar-refractivity contribution in [3.63, 3.8) is 0 Å². The minimum Gasteiger partial charge on any atom is -0.497 e. The number of hydrogen-bond donors (Lipinski definition) is 2. The minimum absolute atomic E-state index is 0.0875. The number of aliphatic hydroxyl groups is 1. The Morgan fingerprint density at radius 3 is 2.76 bits per heavy atom. The fourth-order valence-corrected chi connectivity index (χ4v) is 3.14. The molecule has 1 unspecified atom stereocenters. The van der Waals surface area contributed by atoms with Crippen molar-refractivity contribution in [2.75, 3.05) is 13.7 Å². The standard InChI is InChI=1S/C17H25NO3/c1-3-17(9-4-5-10-17)16(20)18-12-15(19)13-7-6-8-14(11-13)21-2/h6-8,11,15,19H,3-5,9-10,12H2,1-2H3,(H,18,20). The molecule has 0 saturated heterocycles. The topological polar surface area (TPSA) is 58.6 Å². The average molecular weight is 291 g/mol. The van der Waals surface area contributed by atoms with E-state index in [0.29, 0.717) is 5.75 Å². The summed E-state index contributed by atoms with van der Waals surface area (Å²) in [5.41, 5.74) is 0.542. The van der Waals surface area contributed by atoms with Crippen molar-refractivity contribution in [2.24, 2.45) is 5.41 Å². The first-order valence-electron chi connectivity index (χ1n) is 7.71. The number of amides is 1. The molecule has 0 aliphatic heterocycles. The predicted molar refractivity (Wildman–Crippen MR) is 82.2 cm³/mol. The minimum atomic E-state index is -0.709. The Balaban J connectivity index is 1.94. The van der Waals surface area contributed by atoms with E-state index in [1.165, 1.54) is 0 Å². The molecule has 1 saturated carbocycles. The fraction of sp³-hybridized carbons (Fsp3) is 0.588. The van der Waals surface area contributed by atoms with E-state index in [2.05, 4.69) is 12.2 Å². The maximum Gasteiger partial charge on any atom is 0.226 e. The van der Waals surface area contributed by atoms with Crippen LogP contribution in [0.1, 0.15) is 50.7 Å². The molecule has 2 rings (SSSR count). The van der Waals surface area contributed by atoms with Crippen LogP contribution in [-0.4, -0.2) is 24.7 Å². The molecule has 0 bridgehead atoms. The maximum absolute atomic E-state index is 12.4. The van der Waals surface area contributed by atoms with Crippen molar-refractivity contribution < 1.29 is 14.6 Å². The smallest absolute Gasteiger partial charge is 0.226 e. The zero-order valence-electron chi connectivity index (χ0n) is 12.9. The predicted octanol–water partition coefficient (Wildman–Crippen LogP) is 2.82. The molecule has 0 radical (unpaired) electrons. The van der Waals surface area contributed by atoms with E-state index >= 15 is 0 Å². The number of ether oxygens (including phenoxy) is 1. The second-order valence-electron chi connectivity index (χ2n) is 5.84. The summed E-state index contributed by atoms with van der Waals surface area (Å²) >= 11 is 0. The summed E-state index contributed by atoms with van der Waals surface area (Å²) in [6.45, 7) is 2.32. The Hall–Kier alpha value is -1.55. The SMILES string of the molecule is CCC1(C(=O)NCC(O)c2cccc(OC)c2)CCCC1. The van der Waals surface area contributed by atoms with Crippen molar-refractivity contribution in [1.29, 1.82) is 0 Å². The van der Waals surface area contributed by atoms with Gasteiger partial charge in [-0.1, -0.05) is 31.9 Å². The van der Waals surface area contributed by atoms with Gasteiger partial charge in [-0.3, -0.25) is 4.79 Å². The molecule has 21 heavy (non-hydrogen) atoms. The van der Waals surface area contributed by atoms with Gasteiger partial charge in [0.25, 0.3) is 0 Å². The Labute approximate surface area is 126 Å². The number of methoxy groups -OCH3 is 1. The van der Waals surface area contributed by atoms with Crippen LogP contribution >= 0.6 is 0 Å². The summed E-state index contributed by atoms with van der Waals surface area (Å²) in [5.74, 6) is 0.795. The van der Waals surface area contributed by atoms with Gasteiger partial charge in [-0.25, -0.2) is 0 Å². The van der Waals surface area contributed by atoms with Gasteiger partial charge in [0.15, 0.2) is 0 Å². The molecule has 1 aliphatic carbocycles. The van der Waals surface area contributed by atoms with Gasteiger partial charge in [-0.05, 0) is 37.0 Å². The molecule has 4 heteroatoms. The maximum atomic E-state index is 12.4. The lowest BCUT2D eigenvalue weighted by atomic mass is 9.82. The molecule has 0 spiro atoms. The van der Waals surface area contributed by atoms with Crippen LogP contribution in [0.4, 0.5) is 0 Å². The summed E-state index contributed by atoms with van der Waals surface area (Å²) < 4.78 is 5.15. The van der Waals surface area contributed by atoms with E-state index in [0.717, 1.165) is 37.7 Å². The highest BCUT2D eigenvalue weighted by atomic mass is 16.5. The zero-order valence-corrected chi connectivity index (χ0v) is 12.9. The van der Waals surface area contributed by atoms with Gasteiger partial charge >= 0.3 is 0 Å². The summed E-state index contributed by atoms with van der Waals surface area (Å²) in [6, 6.07) is 7.30. The van der Waals surface area contributed by atoms with E-state index in [1.807, 2.05) is 18.2 Å². The van der Waals surface area contributed by atoms with Gasteiger partial charge in [0.1, 0.15) is 5.75 Å². The van der Waals surface area contributed by atoms with Crippen LogP contribution in [0.15, 0.2) is 24.3 Å². The normalized spacial score (nSPS) is 18.2. The molecule has 1 amide bonds. The van der Waals surface area contributed by atoms with Crippen molar-refractivity contribution in [1.82, 2.24) is 5.32 Å². The monoisotopic (exact) mass is 291 g/mol.